The molecule has 0 aromatic heterocycles. The summed E-state index contributed by atoms with van der Waals surface area (Å²) in [4.78, 5) is 0. The summed E-state index contributed by atoms with van der Waals surface area (Å²) in [6, 6.07) is 3.92. The number of phenols is 1. The molecule has 1 heterocycles. The van der Waals surface area contributed by atoms with Crippen LogP contribution >= 0.6 is 15.9 Å². The first-order chi connectivity index (χ1) is 7.72. The van der Waals surface area contributed by atoms with Crippen LogP contribution < -0.4 is 10.1 Å². The first-order valence-corrected chi connectivity index (χ1v) is 6.31. The van der Waals surface area contributed by atoms with Crippen LogP contribution in [0.3, 0.4) is 0 Å². The molecule has 1 aliphatic rings. The van der Waals surface area contributed by atoms with Crippen molar-refractivity contribution in [3.8, 4) is 11.5 Å². The third kappa shape index (κ3) is 2.33. The summed E-state index contributed by atoms with van der Waals surface area (Å²) in [6.45, 7) is 1.01. The molecule has 0 radical (unpaired) electrons. The van der Waals surface area contributed by atoms with E-state index in [0.717, 1.165) is 24.3 Å². The average molecular weight is 286 g/mol. The van der Waals surface area contributed by atoms with Crippen molar-refractivity contribution < 1.29 is 9.84 Å². The highest BCUT2D eigenvalue weighted by Gasteiger charge is 2.20. The molecule has 1 aliphatic heterocycles. The molecule has 0 amide bonds. The Kier molecular flexibility index (Phi) is 3.71. The molecule has 0 spiro atoms. The van der Waals surface area contributed by atoms with Crippen LogP contribution in [0, 0.1) is 0 Å². The standard InChI is InChI=1S/C12H16BrNO2/c1-16-8-6-9(12(15)10(13)7-8)11-4-2-3-5-14-11/h6-7,11,14-15H,2-5H2,1H3. The number of aromatic hydroxyl groups is 1. The van der Waals surface area contributed by atoms with Gasteiger partial charge in [-0.25, -0.2) is 0 Å². The molecule has 2 rings (SSSR count). The lowest BCUT2D eigenvalue weighted by atomic mass is 9.96. The van der Waals surface area contributed by atoms with Crippen molar-refractivity contribution in [1.82, 2.24) is 5.32 Å². The lowest BCUT2D eigenvalue weighted by Gasteiger charge is -2.25. The zero-order chi connectivity index (χ0) is 11.5. The molecule has 1 saturated heterocycles. The summed E-state index contributed by atoms with van der Waals surface area (Å²) >= 11 is 3.35. The lowest BCUT2D eigenvalue weighted by molar-refractivity contribution is 0.381. The normalized spacial score (nSPS) is 20.8. The molecule has 1 atom stereocenters. The van der Waals surface area contributed by atoms with Gasteiger partial charge in [0.2, 0.25) is 0 Å². The molecule has 0 bridgehead atoms. The first kappa shape index (κ1) is 11.7. The third-order valence-electron chi connectivity index (χ3n) is 2.99. The Morgan fingerprint density at radius 2 is 2.25 bits per heavy atom. The number of hydrogen-bond donors (Lipinski definition) is 2. The van der Waals surface area contributed by atoms with Gasteiger partial charge in [-0.15, -0.1) is 0 Å². The molecule has 1 fully saturated rings. The summed E-state index contributed by atoms with van der Waals surface area (Å²) in [7, 11) is 1.64. The van der Waals surface area contributed by atoms with Crippen molar-refractivity contribution in [1.29, 1.82) is 0 Å². The van der Waals surface area contributed by atoms with E-state index >= 15 is 0 Å². The number of rotatable bonds is 2. The van der Waals surface area contributed by atoms with Gasteiger partial charge in [-0.3, -0.25) is 0 Å². The van der Waals surface area contributed by atoms with Crippen molar-refractivity contribution in [3.63, 3.8) is 0 Å². The van der Waals surface area contributed by atoms with E-state index in [-0.39, 0.29) is 6.04 Å². The molecule has 16 heavy (non-hydrogen) atoms. The number of phenolic OH excluding ortho intramolecular Hbond substituents is 1. The minimum atomic E-state index is 0.236. The van der Waals surface area contributed by atoms with Crippen molar-refractivity contribution in [2.45, 2.75) is 25.3 Å². The summed E-state index contributed by atoms with van der Waals surface area (Å²) < 4.78 is 5.90. The molecule has 0 saturated carbocycles. The maximum absolute atomic E-state index is 10.0. The van der Waals surface area contributed by atoms with Crippen LogP contribution in [-0.2, 0) is 0 Å². The first-order valence-electron chi connectivity index (χ1n) is 5.52. The average Bonchev–Trinajstić information content (AvgIpc) is 2.33. The predicted molar refractivity (Wildman–Crippen MR) is 67.0 cm³/mol. The maximum Gasteiger partial charge on any atom is 0.134 e. The van der Waals surface area contributed by atoms with E-state index in [0.29, 0.717) is 10.2 Å². The van der Waals surface area contributed by atoms with Crippen molar-refractivity contribution in [3.05, 3.63) is 22.2 Å². The van der Waals surface area contributed by atoms with E-state index in [1.54, 1.807) is 13.2 Å². The Morgan fingerprint density at radius 1 is 1.44 bits per heavy atom. The van der Waals surface area contributed by atoms with Crippen molar-refractivity contribution in [2.24, 2.45) is 0 Å². The van der Waals surface area contributed by atoms with Crippen LogP contribution in [0.5, 0.6) is 11.5 Å². The highest BCUT2D eigenvalue weighted by atomic mass is 79.9. The van der Waals surface area contributed by atoms with Gasteiger partial charge in [-0.2, -0.15) is 0 Å². The number of methoxy groups -OCH3 is 1. The van der Waals surface area contributed by atoms with E-state index in [4.69, 9.17) is 4.74 Å². The SMILES string of the molecule is COc1cc(Br)c(O)c(C2CCCCN2)c1. The van der Waals surface area contributed by atoms with Gasteiger partial charge in [0, 0.05) is 11.6 Å². The molecule has 1 aromatic carbocycles. The summed E-state index contributed by atoms with van der Waals surface area (Å²) in [5.41, 5.74) is 0.922. The monoisotopic (exact) mass is 285 g/mol. The van der Waals surface area contributed by atoms with Crippen molar-refractivity contribution in [2.75, 3.05) is 13.7 Å². The molecular weight excluding hydrogens is 270 g/mol. The van der Waals surface area contributed by atoms with Gasteiger partial charge in [0.25, 0.3) is 0 Å². The molecular formula is C12H16BrNO2. The van der Waals surface area contributed by atoms with Gasteiger partial charge >= 0.3 is 0 Å². The Balaban J connectivity index is 2.33. The number of hydrogen-bond acceptors (Lipinski definition) is 3. The van der Waals surface area contributed by atoms with Gasteiger partial charge in [0.05, 0.1) is 11.6 Å². The summed E-state index contributed by atoms with van der Waals surface area (Å²) in [5, 5.41) is 13.4. The second-order valence-corrected chi connectivity index (χ2v) is 4.90. The number of nitrogens with one attached hydrogen (secondary N) is 1. The highest BCUT2D eigenvalue weighted by Crippen LogP contribution is 2.38. The largest absolute Gasteiger partial charge is 0.506 e. The van der Waals surface area contributed by atoms with E-state index in [1.807, 2.05) is 6.07 Å². The van der Waals surface area contributed by atoms with E-state index in [1.165, 1.54) is 12.8 Å². The third-order valence-corrected chi connectivity index (χ3v) is 3.59. The fourth-order valence-corrected chi connectivity index (χ4v) is 2.55. The van der Waals surface area contributed by atoms with Crippen LogP contribution in [0.2, 0.25) is 0 Å². The fraction of sp³-hybridized carbons (Fsp3) is 0.500. The van der Waals surface area contributed by atoms with E-state index in [9.17, 15) is 5.11 Å². The number of halogens is 1. The smallest absolute Gasteiger partial charge is 0.134 e. The van der Waals surface area contributed by atoms with Crippen LogP contribution in [0.25, 0.3) is 0 Å². The van der Waals surface area contributed by atoms with E-state index in [2.05, 4.69) is 21.2 Å². The molecule has 1 aromatic rings. The summed E-state index contributed by atoms with van der Waals surface area (Å²) in [5.74, 6) is 1.09. The Morgan fingerprint density at radius 3 is 2.88 bits per heavy atom. The van der Waals surface area contributed by atoms with Gasteiger partial charge in [-0.05, 0) is 47.4 Å². The van der Waals surface area contributed by atoms with Gasteiger partial charge < -0.3 is 15.2 Å². The minimum absolute atomic E-state index is 0.236. The molecule has 88 valence electrons. The minimum Gasteiger partial charge on any atom is -0.506 e. The fourth-order valence-electron chi connectivity index (χ4n) is 2.10. The molecule has 0 aliphatic carbocycles. The van der Waals surface area contributed by atoms with Crippen LogP contribution in [0.1, 0.15) is 30.9 Å². The van der Waals surface area contributed by atoms with Crippen LogP contribution in [0.15, 0.2) is 16.6 Å². The Hall–Kier alpha value is -0.740. The van der Waals surface area contributed by atoms with Gasteiger partial charge in [0.15, 0.2) is 0 Å². The maximum atomic E-state index is 10.0. The number of piperidine rings is 1. The van der Waals surface area contributed by atoms with Crippen LogP contribution in [0.4, 0.5) is 0 Å². The Labute approximate surface area is 104 Å². The highest BCUT2D eigenvalue weighted by molar-refractivity contribution is 9.10. The number of benzene rings is 1. The lowest BCUT2D eigenvalue weighted by Crippen LogP contribution is -2.26. The molecule has 3 nitrogen and oxygen atoms in total. The van der Waals surface area contributed by atoms with Crippen LogP contribution in [-0.4, -0.2) is 18.8 Å². The number of ether oxygens (including phenoxy) is 1. The zero-order valence-electron chi connectivity index (χ0n) is 9.29. The second kappa shape index (κ2) is 5.06. The van der Waals surface area contributed by atoms with Gasteiger partial charge in [-0.1, -0.05) is 6.42 Å². The molecule has 4 heteroatoms. The van der Waals surface area contributed by atoms with Gasteiger partial charge in [0.1, 0.15) is 11.5 Å². The summed E-state index contributed by atoms with van der Waals surface area (Å²) in [6.07, 6.45) is 3.47. The molecule has 1 unspecified atom stereocenters. The quantitative estimate of drug-likeness (QED) is 0.878. The second-order valence-electron chi connectivity index (χ2n) is 4.05. The van der Waals surface area contributed by atoms with E-state index < -0.39 is 0 Å². The topological polar surface area (TPSA) is 41.5 Å². The molecule has 2 N–H and O–H groups in total. The van der Waals surface area contributed by atoms with Crippen molar-refractivity contribution >= 4 is 15.9 Å². The Bertz CT molecular complexity index is 376. The zero-order valence-corrected chi connectivity index (χ0v) is 10.9. The predicted octanol–water partition coefficient (Wildman–Crippen LogP) is 2.98.